The van der Waals surface area contributed by atoms with Crippen LogP contribution in [0.15, 0.2) is 35.1 Å². The Morgan fingerprint density at radius 3 is 2.79 bits per heavy atom. The van der Waals surface area contributed by atoms with Gasteiger partial charge in [0.15, 0.2) is 23.2 Å². The highest BCUT2D eigenvalue weighted by atomic mass is 79.9. The number of imidazole rings is 1. The van der Waals surface area contributed by atoms with Crippen LogP contribution in [0.25, 0.3) is 11.2 Å². The van der Waals surface area contributed by atoms with Gasteiger partial charge in [0.05, 0.1) is 12.9 Å². The van der Waals surface area contributed by atoms with Crippen molar-refractivity contribution in [3.8, 4) is 0 Å². The summed E-state index contributed by atoms with van der Waals surface area (Å²) in [5, 5.41) is 32.7. The number of aliphatic hydroxyl groups excluding tert-OH is 3. The molecule has 0 aliphatic carbocycles. The van der Waals surface area contributed by atoms with Crippen molar-refractivity contribution in [3.63, 3.8) is 0 Å². The lowest BCUT2D eigenvalue weighted by Gasteiger charge is -2.16. The van der Waals surface area contributed by atoms with Crippen LogP contribution in [0.3, 0.4) is 0 Å². The average molecular weight is 471 g/mol. The van der Waals surface area contributed by atoms with Gasteiger partial charge in [-0.2, -0.15) is 9.97 Å². The number of hydrogen-bond donors (Lipinski definition) is 4. The Hall–Kier alpha value is -1.82. The summed E-state index contributed by atoms with van der Waals surface area (Å²) in [6, 6.07) is 7.81. The number of rotatable bonds is 5. The molecule has 0 saturated carbocycles. The number of anilines is 1. The molecule has 4 atom stereocenters. The Balaban J connectivity index is 1.65. The number of aromatic nitrogens is 4. The number of hydrogen-bond acceptors (Lipinski definition) is 8. The molecule has 11 heteroatoms. The molecule has 2 aromatic heterocycles. The van der Waals surface area contributed by atoms with E-state index in [1.54, 1.807) is 0 Å². The number of halogens is 2. The first-order valence-electron chi connectivity index (χ1n) is 8.48. The van der Waals surface area contributed by atoms with E-state index < -0.39 is 31.1 Å². The lowest BCUT2D eigenvalue weighted by atomic mass is 10.1. The summed E-state index contributed by atoms with van der Waals surface area (Å²) in [7, 11) is 0. The van der Waals surface area contributed by atoms with Crippen molar-refractivity contribution in [1.82, 2.24) is 19.5 Å². The van der Waals surface area contributed by atoms with Crippen LogP contribution in [0.5, 0.6) is 0 Å². The smallest absolute Gasteiger partial charge is 0.226 e. The Kier molecular flexibility index (Phi) is 5.50. The fourth-order valence-electron chi connectivity index (χ4n) is 3.14. The maximum Gasteiger partial charge on any atom is 0.226 e. The minimum atomic E-state index is -1.25. The third-order valence-electron chi connectivity index (χ3n) is 4.53. The first-order valence-corrected chi connectivity index (χ1v) is 9.66. The Bertz CT molecular complexity index is 1000. The summed E-state index contributed by atoms with van der Waals surface area (Å²) in [4.78, 5) is 12.7. The molecule has 28 heavy (non-hydrogen) atoms. The van der Waals surface area contributed by atoms with Gasteiger partial charge in [-0.15, -0.1) is 0 Å². The Morgan fingerprint density at radius 2 is 2.07 bits per heavy atom. The topological polar surface area (TPSA) is 126 Å². The standard InChI is InChI=1S/C17H17BrClN5O4/c18-9-3-1-2-8(4-9)5-20-14-11-15(23-17(19)22-14)24(7-21-11)16-13(27)12(26)10(6-25)28-16/h1-4,7,10,12-13,16,25-27H,5-6H2,(H,20,22,23)/t10-,12-,13-,16-/m1/s1. The van der Waals surface area contributed by atoms with E-state index in [2.05, 4.69) is 36.2 Å². The Morgan fingerprint density at radius 1 is 1.25 bits per heavy atom. The zero-order chi connectivity index (χ0) is 19.8. The van der Waals surface area contributed by atoms with Crippen LogP contribution in [0.2, 0.25) is 5.28 Å². The van der Waals surface area contributed by atoms with Crippen LogP contribution in [0.1, 0.15) is 11.8 Å². The van der Waals surface area contributed by atoms with Crippen molar-refractivity contribution < 1.29 is 20.1 Å². The van der Waals surface area contributed by atoms with Crippen molar-refractivity contribution in [2.45, 2.75) is 31.1 Å². The zero-order valence-corrected chi connectivity index (χ0v) is 16.7. The molecule has 1 saturated heterocycles. The van der Waals surface area contributed by atoms with Crippen LogP contribution in [-0.2, 0) is 11.3 Å². The molecule has 0 radical (unpaired) electrons. The molecule has 0 unspecified atom stereocenters. The van der Waals surface area contributed by atoms with Crippen molar-refractivity contribution in [2.24, 2.45) is 0 Å². The molecular weight excluding hydrogens is 454 g/mol. The van der Waals surface area contributed by atoms with Crippen molar-refractivity contribution >= 4 is 44.5 Å². The molecule has 1 aliphatic rings. The van der Waals surface area contributed by atoms with E-state index in [1.807, 2.05) is 24.3 Å². The number of nitrogens with zero attached hydrogens (tertiary/aromatic N) is 4. The molecule has 0 bridgehead atoms. The average Bonchev–Trinajstić information content (AvgIpc) is 3.21. The third-order valence-corrected chi connectivity index (χ3v) is 5.20. The molecule has 4 N–H and O–H groups in total. The second-order valence-corrected chi connectivity index (χ2v) is 7.63. The maximum absolute atomic E-state index is 10.3. The fourth-order valence-corrected chi connectivity index (χ4v) is 3.75. The van der Waals surface area contributed by atoms with Gasteiger partial charge in [-0.05, 0) is 29.3 Å². The highest BCUT2D eigenvalue weighted by Gasteiger charge is 2.44. The molecule has 1 aliphatic heterocycles. The molecule has 1 fully saturated rings. The lowest BCUT2D eigenvalue weighted by molar-refractivity contribution is -0.0511. The van der Waals surface area contributed by atoms with Crippen molar-refractivity contribution in [3.05, 3.63) is 45.9 Å². The monoisotopic (exact) mass is 469 g/mol. The SMILES string of the molecule is OC[C@H]1O[C@@H](n2cnc3c(NCc4cccc(Br)c4)nc(Cl)nc32)[C@H](O)[C@@H]1O. The van der Waals surface area contributed by atoms with Crippen molar-refractivity contribution in [1.29, 1.82) is 0 Å². The molecule has 9 nitrogen and oxygen atoms in total. The minimum absolute atomic E-state index is 0.00210. The summed E-state index contributed by atoms with van der Waals surface area (Å²) < 4.78 is 7.99. The van der Waals surface area contributed by atoms with Gasteiger partial charge in [0, 0.05) is 11.0 Å². The van der Waals surface area contributed by atoms with Gasteiger partial charge in [0.25, 0.3) is 0 Å². The number of aliphatic hydroxyl groups is 3. The van der Waals surface area contributed by atoms with E-state index in [4.69, 9.17) is 16.3 Å². The summed E-state index contributed by atoms with van der Waals surface area (Å²) >= 11 is 9.52. The molecule has 3 heterocycles. The Labute approximate surface area is 173 Å². The largest absolute Gasteiger partial charge is 0.394 e. The molecule has 4 rings (SSSR count). The van der Waals surface area contributed by atoms with Gasteiger partial charge in [-0.3, -0.25) is 4.57 Å². The lowest BCUT2D eigenvalue weighted by Crippen LogP contribution is -2.33. The summed E-state index contributed by atoms with van der Waals surface area (Å²) in [6.07, 6.45) is -2.90. The van der Waals surface area contributed by atoms with E-state index in [0.717, 1.165) is 10.0 Å². The van der Waals surface area contributed by atoms with E-state index in [1.165, 1.54) is 10.9 Å². The van der Waals surface area contributed by atoms with Gasteiger partial charge in [-0.1, -0.05) is 28.1 Å². The van der Waals surface area contributed by atoms with Crippen LogP contribution < -0.4 is 5.32 Å². The van der Waals surface area contributed by atoms with E-state index in [0.29, 0.717) is 23.5 Å². The van der Waals surface area contributed by atoms with Gasteiger partial charge < -0.3 is 25.4 Å². The van der Waals surface area contributed by atoms with Crippen molar-refractivity contribution in [2.75, 3.05) is 11.9 Å². The van der Waals surface area contributed by atoms with Gasteiger partial charge in [-0.25, -0.2) is 4.98 Å². The quantitative estimate of drug-likeness (QED) is 0.413. The predicted molar refractivity (Wildman–Crippen MR) is 105 cm³/mol. The second kappa shape index (κ2) is 7.90. The predicted octanol–water partition coefficient (Wildman–Crippen LogP) is 1.47. The number of nitrogens with one attached hydrogen (secondary N) is 1. The van der Waals surface area contributed by atoms with Gasteiger partial charge >= 0.3 is 0 Å². The van der Waals surface area contributed by atoms with E-state index in [9.17, 15) is 15.3 Å². The highest BCUT2D eigenvalue weighted by molar-refractivity contribution is 9.10. The van der Waals surface area contributed by atoms with Crippen LogP contribution >= 0.6 is 27.5 Å². The summed E-state index contributed by atoms with van der Waals surface area (Å²) in [6.45, 7) is 0.0686. The van der Waals surface area contributed by atoms with Crippen LogP contribution in [0, 0.1) is 0 Å². The number of fused-ring (bicyclic) bond motifs is 1. The molecule has 3 aromatic rings. The van der Waals surface area contributed by atoms with E-state index >= 15 is 0 Å². The van der Waals surface area contributed by atoms with Crippen LogP contribution in [0.4, 0.5) is 5.82 Å². The number of benzene rings is 1. The third kappa shape index (κ3) is 3.59. The van der Waals surface area contributed by atoms with E-state index in [-0.39, 0.29) is 5.28 Å². The molecule has 1 aromatic carbocycles. The zero-order valence-electron chi connectivity index (χ0n) is 14.4. The summed E-state index contributed by atoms with van der Waals surface area (Å²) in [5.41, 5.74) is 1.81. The minimum Gasteiger partial charge on any atom is -0.394 e. The van der Waals surface area contributed by atoms with Gasteiger partial charge in [0.1, 0.15) is 18.3 Å². The highest BCUT2D eigenvalue weighted by Crippen LogP contribution is 2.32. The first-order chi connectivity index (χ1) is 13.5. The molecule has 0 spiro atoms. The molecular formula is C17H17BrClN5O4. The molecule has 148 valence electrons. The maximum atomic E-state index is 10.3. The van der Waals surface area contributed by atoms with Crippen LogP contribution in [-0.4, -0.2) is 59.8 Å². The second-order valence-electron chi connectivity index (χ2n) is 6.38. The number of ether oxygens (including phenoxy) is 1. The molecule has 0 amide bonds. The fraction of sp³-hybridized carbons (Fsp3) is 0.353. The first kappa shape index (κ1) is 19.5. The summed E-state index contributed by atoms with van der Waals surface area (Å²) in [5.74, 6) is 0.431. The normalized spacial score (nSPS) is 24.8. The van der Waals surface area contributed by atoms with Gasteiger partial charge in [0.2, 0.25) is 5.28 Å².